The molecule has 0 fully saturated rings. The van der Waals surface area contributed by atoms with Crippen molar-refractivity contribution in [3.8, 4) is 0 Å². The molecule has 11 heavy (non-hydrogen) atoms. The molecule has 2 nitrogen and oxygen atoms in total. The lowest BCUT2D eigenvalue weighted by Crippen LogP contribution is -2.12. The van der Waals surface area contributed by atoms with Crippen molar-refractivity contribution in [2.45, 2.75) is 25.7 Å². The van der Waals surface area contributed by atoms with Crippen LogP contribution >= 0.6 is 11.6 Å². The van der Waals surface area contributed by atoms with Crippen LogP contribution in [0, 0.1) is 0 Å². The molecular formula is C8H16ClNO. The standard InChI is InChI=1S/C8H16ClNO/c1-10(2)7-5-3-4-6-8(9)11/h3-7H2,1-2H3. The highest BCUT2D eigenvalue weighted by molar-refractivity contribution is 6.63. The van der Waals surface area contributed by atoms with Gasteiger partial charge in [0.25, 0.3) is 0 Å². The van der Waals surface area contributed by atoms with Gasteiger partial charge in [-0.25, -0.2) is 0 Å². The number of unbranched alkanes of at least 4 members (excludes halogenated alkanes) is 2. The number of carbonyl (C=O) groups excluding carboxylic acids is 1. The molecule has 0 aliphatic carbocycles. The predicted molar refractivity (Wildman–Crippen MR) is 47.9 cm³/mol. The molecule has 0 saturated heterocycles. The van der Waals surface area contributed by atoms with Crippen molar-refractivity contribution in [3.63, 3.8) is 0 Å². The Labute approximate surface area is 73.5 Å². The molecule has 0 atom stereocenters. The summed E-state index contributed by atoms with van der Waals surface area (Å²) in [5.41, 5.74) is 0. The molecule has 66 valence electrons. The van der Waals surface area contributed by atoms with Crippen LogP contribution in [0.3, 0.4) is 0 Å². The number of halogens is 1. The van der Waals surface area contributed by atoms with Gasteiger partial charge in [0.15, 0.2) is 0 Å². The first-order valence-electron chi connectivity index (χ1n) is 3.96. The largest absolute Gasteiger partial charge is 0.309 e. The monoisotopic (exact) mass is 177 g/mol. The van der Waals surface area contributed by atoms with Gasteiger partial charge >= 0.3 is 0 Å². The van der Waals surface area contributed by atoms with Gasteiger partial charge in [-0.1, -0.05) is 6.42 Å². The molecule has 0 spiro atoms. The molecule has 0 saturated carbocycles. The summed E-state index contributed by atoms with van der Waals surface area (Å²) < 4.78 is 0. The average Bonchev–Trinajstić information content (AvgIpc) is 1.85. The maximum Gasteiger partial charge on any atom is 0.221 e. The van der Waals surface area contributed by atoms with E-state index in [1.807, 2.05) is 14.1 Å². The Morgan fingerprint density at radius 3 is 2.36 bits per heavy atom. The number of hydrogen-bond acceptors (Lipinski definition) is 2. The average molecular weight is 178 g/mol. The van der Waals surface area contributed by atoms with Crippen LogP contribution in [0.1, 0.15) is 25.7 Å². The first-order chi connectivity index (χ1) is 5.13. The topological polar surface area (TPSA) is 20.3 Å². The maximum atomic E-state index is 10.3. The Morgan fingerprint density at radius 1 is 1.27 bits per heavy atom. The van der Waals surface area contributed by atoms with E-state index in [-0.39, 0.29) is 5.24 Å². The molecule has 0 aromatic heterocycles. The van der Waals surface area contributed by atoms with E-state index >= 15 is 0 Å². The summed E-state index contributed by atoms with van der Waals surface area (Å²) in [6.07, 6.45) is 3.69. The van der Waals surface area contributed by atoms with Gasteiger partial charge in [0.2, 0.25) is 5.24 Å². The molecule has 0 rings (SSSR count). The number of hydrogen-bond donors (Lipinski definition) is 0. The summed E-state index contributed by atoms with van der Waals surface area (Å²) in [5.74, 6) is 0. The summed E-state index contributed by atoms with van der Waals surface area (Å²) in [4.78, 5) is 12.4. The second-order valence-corrected chi connectivity index (χ2v) is 3.39. The van der Waals surface area contributed by atoms with Gasteiger partial charge < -0.3 is 4.90 Å². The summed E-state index contributed by atoms with van der Waals surface area (Å²) >= 11 is 5.17. The van der Waals surface area contributed by atoms with Crippen LogP contribution in [-0.2, 0) is 4.79 Å². The third kappa shape index (κ3) is 9.92. The lowest BCUT2D eigenvalue weighted by Gasteiger charge is -2.07. The van der Waals surface area contributed by atoms with Crippen LogP contribution in [0.2, 0.25) is 0 Å². The second kappa shape index (κ2) is 6.62. The molecule has 0 aromatic rings. The summed E-state index contributed by atoms with van der Waals surface area (Å²) in [7, 11) is 4.10. The molecule has 0 N–H and O–H groups in total. The summed E-state index contributed by atoms with van der Waals surface area (Å²) in [5, 5.41) is -0.213. The first kappa shape index (κ1) is 10.9. The van der Waals surface area contributed by atoms with Gasteiger partial charge in [0.05, 0.1) is 0 Å². The Kier molecular flexibility index (Phi) is 6.57. The fourth-order valence-corrected chi connectivity index (χ4v) is 1.00. The Morgan fingerprint density at radius 2 is 1.91 bits per heavy atom. The molecule has 0 heterocycles. The minimum absolute atomic E-state index is 0.213. The van der Waals surface area contributed by atoms with Gasteiger partial charge in [-0.2, -0.15) is 0 Å². The highest BCUT2D eigenvalue weighted by atomic mass is 35.5. The lowest BCUT2D eigenvalue weighted by molar-refractivity contribution is -0.111. The predicted octanol–water partition coefficient (Wildman–Crippen LogP) is 1.87. The van der Waals surface area contributed by atoms with E-state index in [2.05, 4.69) is 4.90 Å². The summed E-state index contributed by atoms with van der Waals surface area (Å²) in [6.45, 7) is 1.09. The summed E-state index contributed by atoms with van der Waals surface area (Å²) in [6, 6.07) is 0. The number of nitrogens with zero attached hydrogens (tertiary/aromatic N) is 1. The van der Waals surface area contributed by atoms with Crippen molar-refractivity contribution in [2.24, 2.45) is 0 Å². The van der Waals surface area contributed by atoms with Gasteiger partial charge in [-0.15, -0.1) is 0 Å². The van der Waals surface area contributed by atoms with Crippen LogP contribution in [-0.4, -0.2) is 30.8 Å². The molecule has 3 heteroatoms. The van der Waals surface area contributed by atoms with Gasteiger partial charge in [-0.3, -0.25) is 4.79 Å². The van der Waals surface area contributed by atoms with Crippen molar-refractivity contribution >= 4 is 16.8 Å². The minimum atomic E-state index is -0.213. The highest BCUT2D eigenvalue weighted by Gasteiger charge is 1.95. The van der Waals surface area contributed by atoms with Crippen LogP contribution in [0.5, 0.6) is 0 Å². The maximum absolute atomic E-state index is 10.3. The quantitative estimate of drug-likeness (QED) is 0.456. The van der Waals surface area contributed by atoms with Crippen molar-refractivity contribution in [1.82, 2.24) is 4.90 Å². The smallest absolute Gasteiger partial charge is 0.221 e. The molecule has 0 aliphatic rings. The Bertz CT molecular complexity index is 115. The van der Waals surface area contributed by atoms with E-state index in [1.54, 1.807) is 0 Å². The first-order valence-corrected chi connectivity index (χ1v) is 4.34. The Balaban J connectivity index is 2.97. The minimum Gasteiger partial charge on any atom is -0.309 e. The fraction of sp³-hybridized carbons (Fsp3) is 0.875. The van der Waals surface area contributed by atoms with E-state index < -0.39 is 0 Å². The van der Waals surface area contributed by atoms with E-state index in [4.69, 9.17) is 11.6 Å². The molecule has 0 amide bonds. The van der Waals surface area contributed by atoms with E-state index in [0.29, 0.717) is 6.42 Å². The molecule has 0 aromatic carbocycles. The molecule has 0 unspecified atom stereocenters. The molecule has 0 aliphatic heterocycles. The van der Waals surface area contributed by atoms with Crippen LogP contribution in [0.25, 0.3) is 0 Å². The molecule has 0 radical (unpaired) electrons. The van der Waals surface area contributed by atoms with Gasteiger partial charge in [0, 0.05) is 6.42 Å². The second-order valence-electron chi connectivity index (χ2n) is 2.97. The number of rotatable bonds is 6. The lowest BCUT2D eigenvalue weighted by atomic mass is 10.2. The molecule has 0 bridgehead atoms. The van der Waals surface area contributed by atoms with Crippen LogP contribution in [0.15, 0.2) is 0 Å². The third-order valence-corrected chi connectivity index (χ3v) is 1.67. The third-order valence-electron chi connectivity index (χ3n) is 1.48. The van der Waals surface area contributed by atoms with Crippen molar-refractivity contribution < 1.29 is 4.79 Å². The van der Waals surface area contributed by atoms with Crippen LogP contribution in [0.4, 0.5) is 0 Å². The van der Waals surface area contributed by atoms with E-state index in [9.17, 15) is 4.79 Å². The highest BCUT2D eigenvalue weighted by Crippen LogP contribution is 2.02. The van der Waals surface area contributed by atoms with Gasteiger partial charge in [0.1, 0.15) is 0 Å². The Hall–Kier alpha value is -0.0800. The zero-order valence-corrected chi connectivity index (χ0v) is 8.02. The van der Waals surface area contributed by atoms with Crippen molar-refractivity contribution in [2.75, 3.05) is 20.6 Å². The van der Waals surface area contributed by atoms with Crippen LogP contribution < -0.4 is 0 Å². The van der Waals surface area contributed by atoms with Gasteiger partial charge in [-0.05, 0) is 45.1 Å². The van der Waals surface area contributed by atoms with E-state index in [1.165, 1.54) is 0 Å². The zero-order chi connectivity index (χ0) is 8.69. The molecular weight excluding hydrogens is 162 g/mol. The zero-order valence-electron chi connectivity index (χ0n) is 7.27. The van der Waals surface area contributed by atoms with Crippen molar-refractivity contribution in [1.29, 1.82) is 0 Å². The number of carbonyl (C=O) groups is 1. The fourth-order valence-electron chi connectivity index (χ4n) is 0.869. The van der Waals surface area contributed by atoms with Crippen molar-refractivity contribution in [3.05, 3.63) is 0 Å². The van der Waals surface area contributed by atoms with E-state index in [0.717, 1.165) is 25.8 Å². The SMILES string of the molecule is CN(C)CCCCCC(=O)Cl. The normalized spacial score (nSPS) is 10.5.